The average molecular weight is 313 g/mol. The second-order valence-electron chi connectivity index (χ2n) is 5.84. The van der Waals surface area contributed by atoms with Crippen LogP contribution in [0.15, 0.2) is 12.1 Å². The number of aryl methyl sites for hydroxylation is 1. The van der Waals surface area contributed by atoms with Crippen LogP contribution in [0.5, 0.6) is 0 Å². The third-order valence-corrected chi connectivity index (χ3v) is 4.71. The van der Waals surface area contributed by atoms with E-state index in [1.807, 2.05) is 0 Å². The van der Waals surface area contributed by atoms with Crippen LogP contribution in [0.2, 0.25) is 0 Å². The van der Waals surface area contributed by atoms with Gasteiger partial charge >= 0.3 is 0 Å². The van der Waals surface area contributed by atoms with Crippen LogP contribution in [0.25, 0.3) is 11.0 Å². The molecule has 2 nitrogen and oxygen atoms in total. The molecule has 0 radical (unpaired) electrons. The first kappa shape index (κ1) is 14.8. The summed E-state index contributed by atoms with van der Waals surface area (Å²) >= 11 is 5.90. The van der Waals surface area contributed by atoms with Gasteiger partial charge in [0.25, 0.3) is 0 Å². The van der Waals surface area contributed by atoms with Crippen molar-refractivity contribution in [3.63, 3.8) is 0 Å². The minimum atomic E-state index is -0.833. The summed E-state index contributed by atoms with van der Waals surface area (Å²) in [6.07, 6.45) is 7.34. The van der Waals surface area contributed by atoms with E-state index in [0.717, 1.165) is 24.8 Å². The van der Waals surface area contributed by atoms with E-state index in [2.05, 4.69) is 4.98 Å². The Kier molecular flexibility index (Phi) is 4.43. The summed E-state index contributed by atoms with van der Waals surface area (Å²) in [4.78, 5) is 4.31. The minimum absolute atomic E-state index is 0.208. The zero-order valence-electron chi connectivity index (χ0n) is 11.9. The number of imidazole rings is 1. The van der Waals surface area contributed by atoms with Crippen molar-refractivity contribution in [1.82, 2.24) is 9.55 Å². The summed E-state index contributed by atoms with van der Waals surface area (Å²) in [6.45, 7) is 0.648. The van der Waals surface area contributed by atoms with Crippen LogP contribution in [0.3, 0.4) is 0 Å². The van der Waals surface area contributed by atoms with Crippen LogP contribution in [0.1, 0.15) is 44.3 Å². The van der Waals surface area contributed by atoms with E-state index >= 15 is 0 Å². The Bertz CT molecular complexity index is 633. The van der Waals surface area contributed by atoms with Crippen molar-refractivity contribution in [1.29, 1.82) is 0 Å². The van der Waals surface area contributed by atoms with Crippen LogP contribution in [-0.2, 0) is 12.4 Å². The van der Waals surface area contributed by atoms with Crippen molar-refractivity contribution in [2.75, 3.05) is 0 Å². The molecule has 114 valence electrons. The van der Waals surface area contributed by atoms with E-state index in [1.54, 1.807) is 4.57 Å². The van der Waals surface area contributed by atoms with E-state index in [-0.39, 0.29) is 11.4 Å². The van der Waals surface area contributed by atoms with Gasteiger partial charge in [0.15, 0.2) is 11.6 Å². The summed E-state index contributed by atoms with van der Waals surface area (Å²) in [5, 5.41) is 0. The molecule has 1 aromatic heterocycles. The quantitative estimate of drug-likeness (QED) is 0.708. The molecule has 0 aliphatic heterocycles. The van der Waals surface area contributed by atoms with Gasteiger partial charge in [-0.2, -0.15) is 0 Å². The summed E-state index contributed by atoms with van der Waals surface area (Å²) in [6, 6.07) is 2.63. The highest BCUT2D eigenvalue weighted by Crippen LogP contribution is 2.29. The molecule has 1 aromatic carbocycles. The number of aromatic nitrogens is 2. The molecule has 0 bridgehead atoms. The molecule has 3 rings (SSSR count). The maximum atomic E-state index is 14.1. The summed E-state index contributed by atoms with van der Waals surface area (Å²) < 4.78 is 29.3. The Hall–Kier alpha value is -1.16. The largest absolute Gasteiger partial charge is 0.324 e. The summed E-state index contributed by atoms with van der Waals surface area (Å²) in [5.41, 5.74) is 0.725. The van der Waals surface area contributed by atoms with Crippen molar-refractivity contribution >= 4 is 22.6 Å². The Labute approximate surface area is 128 Å². The van der Waals surface area contributed by atoms with E-state index in [1.165, 1.54) is 31.7 Å². The van der Waals surface area contributed by atoms with E-state index in [0.29, 0.717) is 17.9 Å². The summed E-state index contributed by atoms with van der Waals surface area (Å²) in [7, 11) is 0. The zero-order chi connectivity index (χ0) is 14.8. The third-order valence-electron chi connectivity index (χ3n) is 4.47. The fraction of sp³-hybridized carbons (Fsp3) is 0.562. The predicted octanol–water partition coefficient (Wildman–Crippen LogP) is 5.02. The lowest BCUT2D eigenvalue weighted by Crippen LogP contribution is -2.06. The SMILES string of the molecule is Fc1ccc2nc(CCl)n(CCCC3CCCC3)c2c1F. The fourth-order valence-corrected chi connectivity index (χ4v) is 3.59. The second-order valence-corrected chi connectivity index (χ2v) is 6.10. The molecule has 1 aliphatic rings. The van der Waals surface area contributed by atoms with Crippen molar-refractivity contribution in [2.45, 2.75) is 50.9 Å². The van der Waals surface area contributed by atoms with Gasteiger partial charge in [0.1, 0.15) is 11.3 Å². The molecule has 0 amide bonds. The Morgan fingerprint density at radius 2 is 2.00 bits per heavy atom. The zero-order valence-corrected chi connectivity index (χ0v) is 12.7. The molecule has 0 saturated heterocycles. The van der Waals surface area contributed by atoms with Crippen LogP contribution in [0, 0.1) is 17.6 Å². The molecular formula is C16H19ClF2N2. The monoisotopic (exact) mass is 312 g/mol. The lowest BCUT2D eigenvalue weighted by Gasteiger charge is -2.11. The molecule has 0 spiro atoms. The van der Waals surface area contributed by atoms with Crippen molar-refractivity contribution < 1.29 is 8.78 Å². The molecule has 1 fully saturated rings. The first-order valence-corrected chi connectivity index (χ1v) is 8.13. The van der Waals surface area contributed by atoms with Crippen molar-refractivity contribution in [3.8, 4) is 0 Å². The molecular weight excluding hydrogens is 294 g/mol. The van der Waals surface area contributed by atoms with E-state index in [9.17, 15) is 8.78 Å². The lowest BCUT2D eigenvalue weighted by molar-refractivity contribution is 0.455. The number of benzene rings is 1. The van der Waals surface area contributed by atoms with Gasteiger partial charge < -0.3 is 4.57 Å². The normalized spacial score (nSPS) is 16.1. The molecule has 21 heavy (non-hydrogen) atoms. The van der Waals surface area contributed by atoms with Crippen molar-refractivity contribution in [3.05, 3.63) is 29.6 Å². The van der Waals surface area contributed by atoms with Gasteiger partial charge in [0, 0.05) is 6.54 Å². The number of fused-ring (bicyclic) bond motifs is 1. The van der Waals surface area contributed by atoms with Gasteiger partial charge in [0.2, 0.25) is 0 Å². The van der Waals surface area contributed by atoms with Crippen molar-refractivity contribution in [2.24, 2.45) is 5.92 Å². The topological polar surface area (TPSA) is 17.8 Å². The maximum Gasteiger partial charge on any atom is 0.184 e. The van der Waals surface area contributed by atoms with E-state index < -0.39 is 11.6 Å². The third kappa shape index (κ3) is 2.91. The standard InChI is InChI=1S/C16H19ClF2N2/c17-10-14-20-13-8-7-12(18)15(19)16(13)21(14)9-3-6-11-4-1-2-5-11/h7-8,11H,1-6,9-10H2. The number of hydrogen-bond acceptors (Lipinski definition) is 1. The molecule has 0 atom stereocenters. The van der Waals surface area contributed by atoms with Gasteiger partial charge in [-0.25, -0.2) is 13.8 Å². The lowest BCUT2D eigenvalue weighted by atomic mass is 10.0. The van der Waals surface area contributed by atoms with Crippen LogP contribution in [0.4, 0.5) is 8.78 Å². The highest BCUT2D eigenvalue weighted by Gasteiger charge is 2.18. The summed E-state index contributed by atoms with van der Waals surface area (Å²) in [5.74, 6) is -0.0414. The molecule has 5 heteroatoms. The fourth-order valence-electron chi connectivity index (χ4n) is 3.39. The molecule has 0 N–H and O–H groups in total. The average Bonchev–Trinajstić information content (AvgIpc) is 3.11. The smallest absolute Gasteiger partial charge is 0.184 e. The van der Waals surface area contributed by atoms with Gasteiger partial charge in [0.05, 0.1) is 11.4 Å². The van der Waals surface area contributed by atoms with Crippen LogP contribution >= 0.6 is 11.6 Å². The molecule has 1 heterocycles. The number of nitrogens with zero attached hydrogens (tertiary/aromatic N) is 2. The Morgan fingerprint density at radius 1 is 1.24 bits per heavy atom. The first-order valence-electron chi connectivity index (χ1n) is 7.59. The highest BCUT2D eigenvalue weighted by molar-refractivity contribution is 6.16. The van der Waals surface area contributed by atoms with Gasteiger partial charge in [-0.15, -0.1) is 11.6 Å². The highest BCUT2D eigenvalue weighted by atomic mass is 35.5. The van der Waals surface area contributed by atoms with Gasteiger partial charge in [-0.1, -0.05) is 25.7 Å². The molecule has 1 aliphatic carbocycles. The molecule has 0 unspecified atom stereocenters. The second kappa shape index (κ2) is 6.30. The maximum absolute atomic E-state index is 14.1. The number of alkyl halides is 1. The van der Waals surface area contributed by atoms with Crippen LogP contribution in [-0.4, -0.2) is 9.55 Å². The van der Waals surface area contributed by atoms with Gasteiger partial charge in [-0.05, 0) is 30.9 Å². The van der Waals surface area contributed by atoms with Gasteiger partial charge in [-0.3, -0.25) is 0 Å². The predicted molar refractivity (Wildman–Crippen MR) is 80.4 cm³/mol. The minimum Gasteiger partial charge on any atom is -0.324 e. The molecule has 1 saturated carbocycles. The van der Waals surface area contributed by atoms with Crippen LogP contribution < -0.4 is 0 Å². The number of hydrogen-bond donors (Lipinski definition) is 0. The Balaban J connectivity index is 1.83. The van der Waals surface area contributed by atoms with E-state index in [4.69, 9.17) is 11.6 Å². The first-order chi connectivity index (χ1) is 10.2. The Morgan fingerprint density at radius 3 is 2.71 bits per heavy atom. The number of rotatable bonds is 5. The number of halogens is 3. The molecule has 2 aromatic rings.